The second kappa shape index (κ2) is 8.96. The summed E-state index contributed by atoms with van der Waals surface area (Å²) in [6, 6.07) is 15.7. The number of amides is 1. The van der Waals surface area contributed by atoms with Gasteiger partial charge in [-0.3, -0.25) is 9.69 Å². The molecule has 0 radical (unpaired) electrons. The molecule has 1 saturated heterocycles. The molecule has 1 aliphatic heterocycles. The molecule has 3 aromatic rings. The van der Waals surface area contributed by atoms with E-state index in [0.29, 0.717) is 0 Å². The maximum absolute atomic E-state index is 12.7. The average Bonchev–Trinajstić information content (AvgIpc) is 3.01. The SMILES string of the molecule is COc1cccc(NCC(=O)N2CCCN(Cc3nc4ccccc4[nH]3)CC2)c1. The molecule has 1 amide bonds. The summed E-state index contributed by atoms with van der Waals surface area (Å²) in [4.78, 5) is 25.0. The van der Waals surface area contributed by atoms with Crippen LogP contribution < -0.4 is 10.1 Å². The lowest BCUT2D eigenvalue weighted by Gasteiger charge is -2.22. The van der Waals surface area contributed by atoms with Gasteiger partial charge in [0.05, 0.1) is 31.2 Å². The Morgan fingerprint density at radius 2 is 2.03 bits per heavy atom. The minimum Gasteiger partial charge on any atom is -0.497 e. The van der Waals surface area contributed by atoms with Crippen molar-refractivity contribution in [2.24, 2.45) is 0 Å². The van der Waals surface area contributed by atoms with E-state index in [2.05, 4.69) is 20.2 Å². The molecule has 7 heteroatoms. The Balaban J connectivity index is 1.29. The van der Waals surface area contributed by atoms with Crippen LogP contribution in [0.25, 0.3) is 11.0 Å². The van der Waals surface area contributed by atoms with Crippen LogP contribution in [0.2, 0.25) is 0 Å². The summed E-state index contributed by atoms with van der Waals surface area (Å²) >= 11 is 0. The van der Waals surface area contributed by atoms with Gasteiger partial charge in [-0.15, -0.1) is 0 Å². The van der Waals surface area contributed by atoms with Crippen molar-refractivity contribution in [2.75, 3.05) is 45.2 Å². The number of nitrogens with one attached hydrogen (secondary N) is 2. The first-order valence-corrected chi connectivity index (χ1v) is 10.0. The zero-order chi connectivity index (χ0) is 20.1. The molecule has 0 atom stereocenters. The summed E-state index contributed by atoms with van der Waals surface area (Å²) in [5.41, 5.74) is 2.95. The van der Waals surface area contributed by atoms with Gasteiger partial charge < -0.3 is 19.9 Å². The zero-order valence-electron chi connectivity index (χ0n) is 16.7. The predicted molar refractivity (Wildman–Crippen MR) is 114 cm³/mol. The molecule has 1 aromatic heterocycles. The van der Waals surface area contributed by atoms with E-state index in [1.165, 1.54) is 0 Å². The number of nitrogens with zero attached hydrogens (tertiary/aromatic N) is 3. The second-order valence-corrected chi connectivity index (χ2v) is 7.30. The Morgan fingerprint density at radius 3 is 2.90 bits per heavy atom. The number of benzene rings is 2. The van der Waals surface area contributed by atoms with E-state index in [9.17, 15) is 4.79 Å². The van der Waals surface area contributed by atoms with Crippen molar-refractivity contribution in [3.63, 3.8) is 0 Å². The molecule has 0 unspecified atom stereocenters. The summed E-state index contributed by atoms with van der Waals surface area (Å²) in [6.07, 6.45) is 0.963. The Bertz CT molecular complexity index is 938. The minimum absolute atomic E-state index is 0.124. The number of H-pyrrole nitrogens is 1. The lowest BCUT2D eigenvalue weighted by atomic mass is 10.3. The Morgan fingerprint density at radius 1 is 1.14 bits per heavy atom. The lowest BCUT2D eigenvalue weighted by Crippen LogP contribution is -2.38. The number of carbonyl (C=O) groups is 1. The normalized spacial score (nSPS) is 15.3. The first kappa shape index (κ1) is 19.3. The third-order valence-corrected chi connectivity index (χ3v) is 5.27. The number of hydrogen-bond donors (Lipinski definition) is 2. The summed E-state index contributed by atoms with van der Waals surface area (Å²) in [6.45, 7) is 4.40. The lowest BCUT2D eigenvalue weighted by molar-refractivity contribution is -0.129. The number of aromatic amines is 1. The average molecular weight is 393 g/mol. The van der Waals surface area contributed by atoms with Crippen molar-refractivity contribution in [1.82, 2.24) is 19.8 Å². The van der Waals surface area contributed by atoms with Gasteiger partial charge in [-0.25, -0.2) is 4.98 Å². The van der Waals surface area contributed by atoms with Gasteiger partial charge in [0.1, 0.15) is 11.6 Å². The third-order valence-electron chi connectivity index (χ3n) is 5.27. The maximum Gasteiger partial charge on any atom is 0.241 e. The molecule has 152 valence electrons. The van der Waals surface area contributed by atoms with Crippen molar-refractivity contribution in [1.29, 1.82) is 0 Å². The summed E-state index contributed by atoms with van der Waals surface area (Å²) in [5.74, 6) is 1.88. The first-order chi connectivity index (χ1) is 14.2. The fraction of sp³-hybridized carbons (Fsp3) is 0.364. The van der Waals surface area contributed by atoms with E-state index in [4.69, 9.17) is 4.74 Å². The van der Waals surface area contributed by atoms with Gasteiger partial charge in [0, 0.05) is 37.9 Å². The Hall–Kier alpha value is -3.06. The molecule has 2 aromatic carbocycles. The first-order valence-electron chi connectivity index (χ1n) is 10.0. The number of methoxy groups -OCH3 is 1. The van der Waals surface area contributed by atoms with E-state index in [1.807, 2.05) is 53.4 Å². The van der Waals surface area contributed by atoms with Crippen LogP contribution in [0.3, 0.4) is 0 Å². The highest BCUT2D eigenvalue weighted by atomic mass is 16.5. The quantitative estimate of drug-likeness (QED) is 0.674. The third kappa shape index (κ3) is 4.86. The molecule has 2 N–H and O–H groups in total. The molecule has 0 spiro atoms. The molecule has 1 aliphatic rings. The van der Waals surface area contributed by atoms with Gasteiger partial charge in [0.2, 0.25) is 5.91 Å². The standard InChI is InChI=1S/C22H27N5O2/c1-29-18-7-4-6-17(14-18)23-15-22(28)27-11-5-10-26(12-13-27)16-21-24-19-8-2-3-9-20(19)25-21/h2-4,6-9,14,23H,5,10-13,15-16H2,1H3,(H,24,25). The second-order valence-electron chi connectivity index (χ2n) is 7.30. The van der Waals surface area contributed by atoms with Crippen LogP contribution in [0, 0.1) is 0 Å². The smallest absolute Gasteiger partial charge is 0.241 e. The van der Waals surface area contributed by atoms with Crippen molar-refractivity contribution >= 4 is 22.6 Å². The monoisotopic (exact) mass is 393 g/mol. The number of carbonyl (C=O) groups excluding carboxylic acids is 1. The fourth-order valence-corrected chi connectivity index (χ4v) is 3.69. The number of ether oxygens (including phenoxy) is 1. The zero-order valence-corrected chi connectivity index (χ0v) is 16.7. The van der Waals surface area contributed by atoms with Crippen LogP contribution in [-0.4, -0.2) is 65.5 Å². The molecule has 0 bridgehead atoms. The highest BCUT2D eigenvalue weighted by Gasteiger charge is 2.19. The maximum atomic E-state index is 12.7. The highest BCUT2D eigenvalue weighted by Crippen LogP contribution is 2.17. The topological polar surface area (TPSA) is 73.5 Å². The van der Waals surface area contributed by atoms with Gasteiger partial charge in [-0.05, 0) is 30.7 Å². The summed E-state index contributed by atoms with van der Waals surface area (Å²) < 4.78 is 5.23. The minimum atomic E-state index is 0.124. The van der Waals surface area contributed by atoms with E-state index < -0.39 is 0 Å². The number of rotatable bonds is 6. The molecule has 1 fully saturated rings. The van der Waals surface area contributed by atoms with Crippen LogP contribution in [0.5, 0.6) is 5.75 Å². The van der Waals surface area contributed by atoms with E-state index in [0.717, 1.165) is 67.4 Å². The number of hydrogen-bond acceptors (Lipinski definition) is 5. The Labute approximate surface area is 170 Å². The summed E-state index contributed by atoms with van der Waals surface area (Å²) in [7, 11) is 1.64. The number of para-hydroxylation sites is 2. The molecule has 0 saturated carbocycles. The molecule has 0 aliphatic carbocycles. The largest absolute Gasteiger partial charge is 0.497 e. The van der Waals surface area contributed by atoms with Crippen molar-refractivity contribution < 1.29 is 9.53 Å². The van der Waals surface area contributed by atoms with E-state index in [-0.39, 0.29) is 12.5 Å². The van der Waals surface area contributed by atoms with Crippen LogP contribution in [0.1, 0.15) is 12.2 Å². The van der Waals surface area contributed by atoms with Gasteiger partial charge in [0.15, 0.2) is 0 Å². The van der Waals surface area contributed by atoms with Gasteiger partial charge in [0.25, 0.3) is 0 Å². The van der Waals surface area contributed by atoms with Crippen LogP contribution in [0.4, 0.5) is 5.69 Å². The van der Waals surface area contributed by atoms with E-state index in [1.54, 1.807) is 7.11 Å². The van der Waals surface area contributed by atoms with Gasteiger partial charge in [-0.1, -0.05) is 18.2 Å². The molecular formula is C22H27N5O2. The number of anilines is 1. The number of imidazole rings is 1. The van der Waals surface area contributed by atoms with Gasteiger partial charge in [-0.2, -0.15) is 0 Å². The summed E-state index contributed by atoms with van der Waals surface area (Å²) in [5, 5.41) is 3.20. The van der Waals surface area contributed by atoms with Gasteiger partial charge >= 0.3 is 0 Å². The molecular weight excluding hydrogens is 366 g/mol. The van der Waals surface area contributed by atoms with Crippen molar-refractivity contribution in [2.45, 2.75) is 13.0 Å². The van der Waals surface area contributed by atoms with Crippen molar-refractivity contribution in [3.8, 4) is 5.75 Å². The molecule has 7 nitrogen and oxygen atoms in total. The van der Waals surface area contributed by atoms with Crippen LogP contribution >= 0.6 is 0 Å². The highest BCUT2D eigenvalue weighted by molar-refractivity contribution is 5.81. The number of aromatic nitrogens is 2. The fourth-order valence-electron chi connectivity index (χ4n) is 3.69. The van der Waals surface area contributed by atoms with Crippen LogP contribution in [0.15, 0.2) is 48.5 Å². The van der Waals surface area contributed by atoms with Crippen LogP contribution in [-0.2, 0) is 11.3 Å². The van der Waals surface area contributed by atoms with Crippen molar-refractivity contribution in [3.05, 3.63) is 54.4 Å². The predicted octanol–water partition coefficient (Wildman–Crippen LogP) is 2.72. The molecule has 29 heavy (non-hydrogen) atoms. The Kier molecular flexibility index (Phi) is 5.95. The number of fused-ring (bicyclic) bond motifs is 1. The molecule has 4 rings (SSSR count). The van der Waals surface area contributed by atoms with E-state index >= 15 is 0 Å². The molecule has 2 heterocycles.